The number of fused-ring (bicyclic) bond motifs is 1. The van der Waals surface area contributed by atoms with Gasteiger partial charge < -0.3 is 14.2 Å². The Balaban J connectivity index is 1.87. The summed E-state index contributed by atoms with van der Waals surface area (Å²) in [4.78, 5) is 16.6. The molecule has 0 bridgehead atoms. The molecule has 6 heteroatoms. The summed E-state index contributed by atoms with van der Waals surface area (Å²) in [5, 5.41) is 0. The summed E-state index contributed by atoms with van der Waals surface area (Å²) in [6.07, 6.45) is 4.64. The molecule has 1 fully saturated rings. The zero-order valence-corrected chi connectivity index (χ0v) is 15.1. The first-order chi connectivity index (χ1) is 12.8. The van der Waals surface area contributed by atoms with Gasteiger partial charge in [0.1, 0.15) is 11.2 Å². The van der Waals surface area contributed by atoms with Crippen molar-refractivity contribution in [2.75, 3.05) is 31.2 Å². The fourth-order valence-electron chi connectivity index (χ4n) is 3.23. The number of allylic oxidation sites excluding steroid dienone is 1. The minimum absolute atomic E-state index is 0.705. The number of hydrogen-bond donors (Lipinski definition) is 0. The van der Waals surface area contributed by atoms with E-state index in [1.807, 2.05) is 12.4 Å². The minimum atomic E-state index is 0.705. The number of aryl methyl sites for hydroxylation is 2. The van der Waals surface area contributed by atoms with E-state index in [1.165, 1.54) is 5.56 Å². The number of hydrogen-bond acceptors (Lipinski definition) is 5. The van der Waals surface area contributed by atoms with Crippen molar-refractivity contribution in [1.82, 2.24) is 19.5 Å². The Kier molecular flexibility index (Phi) is 4.67. The normalized spacial score (nSPS) is 14.7. The van der Waals surface area contributed by atoms with E-state index in [2.05, 4.69) is 52.2 Å². The molecule has 1 aromatic carbocycles. The molecule has 2 aromatic heterocycles. The number of nitrogens with zero attached hydrogens (tertiary/aromatic N) is 5. The van der Waals surface area contributed by atoms with Crippen LogP contribution in [0.3, 0.4) is 0 Å². The first kappa shape index (κ1) is 16.7. The predicted molar refractivity (Wildman–Crippen MR) is 103 cm³/mol. The lowest BCUT2D eigenvalue weighted by atomic mass is 10.1. The first-order valence-corrected chi connectivity index (χ1v) is 9.00. The summed E-state index contributed by atoms with van der Waals surface area (Å²) in [5.41, 5.74) is 4.88. The molecule has 1 aliphatic heterocycles. The van der Waals surface area contributed by atoms with Crippen LogP contribution < -0.4 is 4.90 Å². The monoisotopic (exact) mass is 349 g/mol. The molecule has 0 aliphatic carbocycles. The van der Waals surface area contributed by atoms with Crippen LogP contribution >= 0.6 is 0 Å². The molecule has 6 nitrogen and oxygen atoms in total. The van der Waals surface area contributed by atoms with Gasteiger partial charge in [0.25, 0.3) is 0 Å². The van der Waals surface area contributed by atoms with Crippen LogP contribution in [0.15, 0.2) is 43.2 Å². The van der Waals surface area contributed by atoms with E-state index >= 15 is 0 Å². The highest BCUT2D eigenvalue weighted by molar-refractivity contribution is 5.88. The molecule has 4 rings (SSSR count). The van der Waals surface area contributed by atoms with Crippen LogP contribution in [0, 0.1) is 6.92 Å². The number of morpholine rings is 1. The van der Waals surface area contributed by atoms with Crippen molar-refractivity contribution in [2.24, 2.45) is 0 Å². The van der Waals surface area contributed by atoms with Crippen molar-refractivity contribution < 1.29 is 4.74 Å². The molecule has 0 unspecified atom stereocenters. The highest BCUT2D eigenvalue weighted by atomic mass is 16.5. The number of aromatic nitrogens is 4. The van der Waals surface area contributed by atoms with E-state index in [-0.39, 0.29) is 0 Å². The van der Waals surface area contributed by atoms with Crippen molar-refractivity contribution in [3.8, 4) is 11.3 Å². The number of imidazole rings is 1. The van der Waals surface area contributed by atoms with E-state index in [0.29, 0.717) is 13.2 Å². The second kappa shape index (κ2) is 7.25. The Morgan fingerprint density at radius 1 is 1.23 bits per heavy atom. The fourth-order valence-corrected chi connectivity index (χ4v) is 3.23. The smallest absolute Gasteiger partial charge is 0.228 e. The van der Waals surface area contributed by atoms with Crippen molar-refractivity contribution in [3.63, 3.8) is 0 Å². The highest BCUT2D eigenvalue weighted by Gasteiger charge is 2.20. The lowest BCUT2D eigenvalue weighted by Crippen LogP contribution is -2.37. The third-order valence-electron chi connectivity index (χ3n) is 4.61. The SMILES string of the molecule is C=CCCn1cnc2c(-c3cccc(C)c3)nc(N3CCOCC3)nc21. The van der Waals surface area contributed by atoms with Gasteiger partial charge in [-0.2, -0.15) is 4.98 Å². The van der Waals surface area contributed by atoms with E-state index in [4.69, 9.17) is 14.7 Å². The number of ether oxygens (including phenoxy) is 1. The molecule has 0 amide bonds. The van der Waals surface area contributed by atoms with Crippen molar-refractivity contribution in [2.45, 2.75) is 19.9 Å². The standard InChI is InChI=1S/C20H23N5O/c1-3-4-8-25-14-21-18-17(16-7-5-6-15(2)13-16)22-20(23-19(18)25)24-9-11-26-12-10-24/h3,5-7,13-14H,1,4,8-12H2,2H3. The fraction of sp³-hybridized carbons (Fsp3) is 0.350. The maximum Gasteiger partial charge on any atom is 0.228 e. The molecule has 0 saturated carbocycles. The summed E-state index contributed by atoms with van der Waals surface area (Å²) in [7, 11) is 0. The van der Waals surface area contributed by atoms with Gasteiger partial charge in [0.15, 0.2) is 5.65 Å². The molecule has 26 heavy (non-hydrogen) atoms. The minimum Gasteiger partial charge on any atom is -0.378 e. The van der Waals surface area contributed by atoms with Crippen molar-refractivity contribution in [3.05, 3.63) is 48.8 Å². The van der Waals surface area contributed by atoms with Crippen LogP contribution in [0.2, 0.25) is 0 Å². The zero-order chi connectivity index (χ0) is 17.9. The van der Waals surface area contributed by atoms with Gasteiger partial charge in [-0.25, -0.2) is 9.97 Å². The molecule has 3 heterocycles. The second-order valence-electron chi connectivity index (χ2n) is 6.53. The van der Waals surface area contributed by atoms with Gasteiger partial charge in [-0.3, -0.25) is 0 Å². The molecular formula is C20H23N5O. The summed E-state index contributed by atoms with van der Waals surface area (Å²) in [6, 6.07) is 8.38. The molecule has 134 valence electrons. The van der Waals surface area contributed by atoms with Crippen LogP contribution in [0.4, 0.5) is 5.95 Å². The largest absolute Gasteiger partial charge is 0.378 e. The van der Waals surface area contributed by atoms with Crippen LogP contribution in [-0.4, -0.2) is 45.8 Å². The van der Waals surface area contributed by atoms with Gasteiger partial charge in [-0.15, -0.1) is 6.58 Å². The lowest BCUT2D eigenvalue weighted by Gasteiger charge is -2.27. The zero-order valence-electron chi connectivity index (χ0n) is 15.1. The summed E-state index contributed by atoms with van der Waals surface area (Å²) in [5.74, 6) is 0.748. The number of benzene rings is 1. The van der Waals surface area contributed by atoms with Gasteiger partial charge in [-0.05, 0) is 19.4 Å². The number of anilines is 1. The van der Waals surface area contributed by atoms with Gasteiger partial charge in [0.05, 0.1) is 19.5 Å². The average Bonchev–Trinajstić information content (AvgIpc) is 3.09. The Labute approximate surface area is 153 Å². The van der Waals surface area contributed by atoms with Crippen molar-refractivity contribution in [1.29, 1.82) is 0 Å². The molecular weight excluding hydrogens is 326 g/mol. The lowest BCUT2D eigenvalue weighted by molar-refractivity contribution is 0.122. The highest BCUT2D eigenvalue weighted by Crippen LogP contribution is 2.28. The Hall–Kier alpha value is -2.73. The van der Waals surface area contributed by atoms with Gasteiger partial charge in [-0.1, -0.05) is 29.8 Å². The quantitative estimate of drug-likeness (QED) is 0.662. The van der Waals surface area contributed by atoms with E-state index in [9.17, 15) is 0 Å². The average molecular weight is 349 g/mol. The molecule has 1 aliphatic rings. The number of rotatable bonds is 5. The Morgan fingerprint density at radius 3 is 2.85 bits per heavy atom. The third kappa shape index (κ3) is 3.20. The maximum atomic E-state index is 5.48. The predicted octanol–water partition coefficient (Wildman–Crippen LogP) is 3.21. The van der Waals surface area contributed by atoms with Gasteiger partial charge >= 0.3 is 0 Å². The Morgan fingerprint density at radius 2 is 2.08 bits per heavy atom. The summed E-state index contributed by atoms with van der Waals surface area (Å²) in [6.45, 7) is 9.74. The van der Waals surface area contributed by atoms with E-state index in [0.717, 1.165) is 54.4 Å². The Bertz CT molecular complexity index is 927. The first-order valence-electron chi connectivity index (χ1n) is 9.00. The second-order valence-corrected chi connectivity index (χ2v) is 6.53. The molecule has 3 aromatic rings. The van der Waals surface area contributed by atoms with E-state index < -0.39 is 0 Å². The molecule has 0 spiro atoms. The topological polar surface area (TPSA) is 56.1 Å². The molecule has 1 saturated heterocycles. The van der Waals surface area contributed by atoms with Crippen LogP contribution in [0.5, 0.6) is 0 Å². The molecule has 0 atom stereocenters. The van der Waals surface area contributed by atoms with E-state index in [1.54, 1.807) is 0 Å². The summed E-state index contributed by atoms with van der Waals surface area (Å²) < 4.78 is 7.56. The molecule has 0 radical (unpaired) electrons. The van der Waals surface area contributed by atoms with Crippen molar-refractivity contribution >= 4 is 17.1 Å². The van der Waals surface area contributed by atoms with Gasteiger partial charge in [0.2, 0.25) is 5.95 Å². The van der Waals surface area contributed by atoms with Gasteiger partial charge in [0, 0.05) is 25.2 Å². The summed E-state index contributed by atoms with van der Waals surface area (Å²) >= 11 is 0. The third-order valence-corrected chi connectivity index (χ3v) is 4.61. The molecule has 0 N–H and O–H groups in total. The maximum absolute atomic E-state index is 5.48. The van der Waals surface area contributed by atoms with Crippen LogP contribution in [-0.2, 0) is 11.3 Å². The van der Waals surface area contributed by atoms with Crippen LogP contribution in [0.25, 0.3) is 22.4 Å². The van der Waals surface area contributed by atoms with Crippen LogP contribution in [0.1, 0.15) is 12.0 Å².